The molecular weight excluding hydrogens is 172 g/mol. The summed E-state index contributed by atoms with van der Waals surface area (Å²) in [4.78, 5) is 0. The van der Waals surface area contributed by atoms with E-state index in [1.165, 1.54) is 33.5 Å². The Morgan fingerprint density at radius 3 is 1.77 bits per heavy atom. The average Bonchev–Trinajstić information content (AvgIpc) is 2.17. The highest BCUT2D eigenvalue weighted by Crippen LogP contribution is 2.38. The van der Waals surface area contributed by atoms with E-state index in [9.17, 15) is 5.11 Å². The van der Waals surface area contributed by atoms with Crippen LogP contribution < -0.4 is 14.2 Å². The maximum Gasteiger partial charge on any atom is 0.224 e. The van der Waals surface area contributed by atoms with Gasteiger partial charge < -0.3 is 14.2 Å². The van der Waals surface area contributed by atoms with Gasteiger partial charge in [-0.25, -0.2) is 0 Å². The van der Waals surface area contributed by atoms with Gasteiger partial charge in [0.15, 0.2) is 17.2 Å². The molecule has 0 saturated heterocycles. The predicted molar refractivity (Wildman–Crippen MR) is 46.2 cm³/mol. The largest absolute Gasteiger partial charge is 0.493 e. The molecule has 1 radical (unpaired) electrons. The van der Waals surface area contributed by atoms with Gasteiger partial charge in [0, 0.05) is 12.1 Å². The Morgan fingerprint density at radius 2 is 1.31 bits per heavy atom. The van der Waals surface area contributed by atoms with Crippen LogP contribution in [0.3, 0.4) is 0 Å². The second-order valence-electron chi connectivity index (χ2n) is 2.36. The van der Waals surface area contributed by atoms with E-state index in [-0.39, 0.29) is 11.5 Å². The Kier molecular flexibility index (Phi) is 2.84. The van der Waals surface area contributed by atoms with Crippen molar-refractivity contribution in [1.29, 1.82) is 0 Å². The lowest BCUT2D eigenvalue weighted by atomic mass is 10.3. The molecule has 4 heteroatoms. The molecule has 0 N–H and O–H groups in total. The SMILES string of the molecule is COc1cc(OC)c(OC)cc1[O]. The number of methoxy groups -OCH3 is 3. The van der Waals surface area contributed by atoms with Gasteiger partial charge in [0.25, 0.3) is 0 Å². The van der Waals surface area contributed by atoms with Crippen molar-refractivity contribution in [2.75, 3.05) is 21.3 Å². The Balaban J connectivity index is 3.18. The van der Waals surface area contributed by atoms with Gasteiger partial charge in [0.1, 0.15) is 0 Å². The Labute approximate surface area is 76.7 Å². The number of rotatable bonds is 3. The van der Waals surface area contributed by atoms with Crippen molar-refractivity contribution < 1.29 is 19.3 Å². The van der Waals surface area contributed by atoms with Crippen LogP contribution in [0.25, 0.3) is 0 Å². The molecule has 0 bridgehead atoms. The summed E-state index contributed by atoms with van der Waals surface area (Å²) in [7, 11) is 4.41. The summed E-state index contributed by atoms with van der Waals surface area (Å²) in [6.45, 7) is 0. The van der Waals surface area contributed by atoms with Gasteiger partial charge in [0.2, 0.25) is 5.75 Å². The average molecular weight is 183 g/mol. The van der Waals surface area contributed by atoms with Crippen molar-refractivity contribution >= 4 is 0 Å². The number of hydrogen-bond donors (Lipinski definition) is 0. The Morgan fingerprint density at radius 1 is 0.846 bits per heavy atom. The third-order valence-electron chi connectivity index (χ3n) is 1.67. The van der Waals surface area contributed by atoms with Crippen molar-refractivity contribution in [3.8, 4) is 23.0 Å². The molecule has 0 aliphatic heterocycles. The maximum absolute atomic E-state index is 11.2. The molecule has 0 saturated carbocycles. The van der Waals surface area contributed by atoms with E-state index in [1.54, 1.807) is 0 Å². The van der Waals surface area contributed by atoms with Crippen LogP contribution in [0.15, 0.2) is 12.1 Å². The van der Waals surface area contributed by atoms with E-state index in [4.69, 9.17) is 14.2 Å². The van der Waals surface area contributed by atoms with Crippen LogP contribution in [0.4, 0.5) is 0 Å². The molecule has 1 aromatic carbocycles. The summed E-state index contributed by atoms with van der Waals surface area (Å²) >= 11 is 0. The minimum atomic E-state index is -0.222. The molecule has 4 nitrogen and oxygen atoms in total. The van der Waals surface area contributed by atoms with Gasteiger partial charge in [0.05, 0.1) is 21.3 Å². The summed E-state index contributed by atoms with van der Waals surface area (Å²) < 4.78 is 14.8. The van der Waals surface area contributed by atoms with Gasteiger partial charge in [-0.1, -0.05) is 0 Å². The van der Waals surface area contributed by atoms with E-state index in [0.29, 0.717) is 11.5 Å². The Hall–Kier alpha value is -1.58. The fourth-order valence-corrected chi connectivity index (χ4v) is 1.00. The zero-order valence-electron chi connectivity index (χ0n) is 7.79. The molecule has 0 unspecified atom stereocenters. The van der Waals surface area contributed by atoms with E-state index in [2.05, 4.69) is 0 Å². The van der Waals surface area contributed by atoms with Gasteiger partial charge >= 0.3 is 0 Å². The van der Waals surface area contributed by atoms with Crippen LogP contribution >= 0.6 is 0 Å². The lowest BCUT2D eigenvalue weighted by Crippen LogP contribution is -1.91. The molecule has 0 spiro atoms. The lowest BCUT2D eigenvalue weighted by Gasteiger charge is -2.09. The predicted octanol–water partition coefficient (Wildman–Crippen LogP) is 1.86. The zero-order chi connectivity index (χ0) is 9.84. The van der Waals surface area contributed by atoms with Crippen molar-refractivity contribution in [3.63, 3.8) is 0 Å². The monoisotopic (exact) mass is 183 g/mol. The summed E-state index contributed by atoms with van der Waals surface area (Å²) in [6.07, 6.45) is 0. The van der Waals surface area contributed by atoms with Crippen LogP contribution in [0.5, 0.6) is 23.0 Å². The molecule has 71 valence electrons. The standard InChI is InChI=1S/C9H11O4/c1-11-7-5-9(13-3)8(12-2)4-6(7)10/h4-5H,1-3H3. The van der Waals surface area contributed by atoms with Crippen LogP contribution in [0.2, 0.25) is 0 Å². The first-order valence-corrected chi connectivity index (χ1v) is 3.70. The first-order chi connectivity index (χ1) is 6.22. The molecule has 1 rings (SSSR count). The fourth-order valence-electron chi connectivity index (χ4n) is 1.00. The van der Waals surface area contributed by atoms with Gasteiger partial charge in [-0.3, -0.25) is 5.11 Å². The second kappa shape index (κ2) is 3.89. The molecule has 13 heavy (non-hydrogen) atoms. The second-order valence-corrected chi connectivity index (χ2v) is 2.36. The van der Waals surface area contributed by atoms with Crippen LogP contribution in [0, 0.1) is 0 Å². The van der Waals surface area contributed by atoms with Crippen molar-refractivity contribution in [2.24, 2.45) is 0 Å². The van der Waals surface area contributed by atoms with E-state index >= 15 is 0 Å². The van der Waals surface area contributed by atoms with Crippen LogP contribution in [-0.2, 0) is 5.11 Å². The molecule has 1 aromatic rings. The van der Waals surface area contributed by atoms with Crippen LogP contribution in [-0.4, -0.2) is 21.3 Å². The van der Waals surface area contributed by atoms with Gasteiger partial charge in [-0.05, 0) is 0 Å². The van der Waals surface area contributed by atoms with E-state index < -0.39 is 0 Å². The minimum absolute atomic E-state index is 0.222. The van der Waals surface area contributed by atoms with Crippen molar-refractivity contribution in [3.05, 3.63) is 12.1 Å². The normalized spacial score (nSPS) is 9.46. The molecule has 0 atom stereocenters. The summed E-state index contributed by atoms with van der Waals surface area (Å²) in [5.74, 6) is 0.921. The van der Waals surface area contributed by atoms with Gasteiger partial charge in [-0.2, -0.15) is 0 Å². The first-order valence-electron chi connectivity index (χ1n) is 3.70. The summed E-state index contributed by atoms with van der Waals surface area (Å²) in [6, 6.07) is 2.83. The number of ether oxygens (including phenoxy) is 3. The maximum atomic E-state index is 11.2. The summed E-state index contributed by atoms with van der Waals surface area (Å²) in [5.41, 5.74) is 0. The van der Waals surface area contributed by atoms with E-state index in [0.717, 1.165) is 0 Å². The number of benzene rings is 1. The fraction of sp³-hybridized carbons (Fsp3) is 0.333. The van der Waals surface area contributed by atoms with Crippen LogP contribution in [0.1, 0.15) is 0 Å². The highest BCUT2D eigenvalue weighted by molar-refractivity contribution is 5.53. The van der Waals surface area contributed by atoms with Gasteiger partial charge in [-0.15, -0.1) is 0 Å². The first kappa shape index (κ1) is 9.51. The molecule has 0 aliphatic rings. The highest BCUT2D eigenvalue weighted by Gasteiger charge is 2.11. The smallest absolute Gasteiger partial charge is 0.224 e. The molecule has 0 heterocycles. The lowest BCUT2D eigenvalue weighted by molar-refractivity contribution is 0.303. The van der Waals surface area contributed by atoms with Crippen molar-refractivity contribution in [1.82, 2.24) is 0 Å². The minimum Gasteiger partial charge on any atom is -0.493 e. The summed E-state index contributed by atoms with van der Waals surface area (Å²) in [5, 5.41) is 11.2. The third kappa shape index (κ3) is 1.77. The molecule has 0 aromatic heterocycles. The van der Waals surface area contributed by atoms with Crippen molar-refractivity contribution in [2.45, 2.75) is 0 Å². The number of hydrogen-bond acceptors (Lipinski definition) is 3. The molecule has 0 fully saturated rings. The molecular formula is C9H11O4. The van der Waals surface area contributed by atoms with E-state index in [1.807, 2.05) is 0 Å². The topological polar surface area (TPSA) is 47.6 Å². The quantitative estimate of drug-likeness (QED) is 0.718. The highest BCUT2D eigenvalue weighted by atomic mass is 16.5. The third-order valence-corrected chi connectivity index (χ3v) is 1.67. The molecule has 0 aliphatic carbocycles. The Bertz CT molecular complexity index is 296. The molecule has 0 amide bonds. The zero-order valence-corrected chi connectivity index (χ0v) is 7.79.